The summed E-state index contributed by atoms with van der Waals surface area (Å²) in [7, 11) is 0. The molecule has 2 N–H and O–H groups in total. The second-order valence-corrected chi connectivity index (χ2v) is 10.7. The summed E-state index contributed by atoms with van der Waals surface area (Å²) in [6.07, 6.45) is 26.0. The van der Waals surface area contributed by atoms with E-state index in [0.717, 1.165) is 24.2 Å². The van der Waals surface area contributed by atoms with Crippen LogP contribution in [0.4, 0.5) is 0 Å². The Morgan fingerprint density at radius 3 is 1.29 bits per heavy atom. The average Bonchev–Trinajstić information content (AvgIpc) is 2.77. The van der Waals surface area contributed by atoms with E-state index < -0.39 is 0 Å². The van der Waals surface area contributed by atoms with Gasteiger partial charge in [-0.1, -0.05) is 24.3 Å². The summed E-state index contributed by atoms with van der Waals surface area (Å²) >= 11 is 7.25. The van der Waals surface area contributed by atoms with Crippen LogP contribution in [0.5, 0.6) is 0 Å². The molecule has 9 heteroatoms. The van der Waals surface area contributed by atoms with Crippen molar-refractivity contribution in [2.45, 2.75) is 9.16 Å². The fourth-order valence-electron chi connectivity index (χ4n) is 2.26. The third-order valence-electron chi connectivity index (χ3n) is 3.97. The van der Waals surface area contributed by atoms with Gasteiger partial charge in [0.1, 0.15) is 0 Å². The fourth-order valence-corrected chi connectivity index (χ4v) is 4.85. The first-order valence-electron chi connectivity index (χ1n) is 9.32. The number of rotatable bonds is 10. The first-order chi connectivity index (χ1) is 14.5. The third kappa shape index (κ3) is 12.8. The van der Waals surface area contributed by atoms with Crippen molar-refractivity contribution in [1.29, 1.82) is 0 Å². The quantitative estimate of drug-likeness (QED) is 0.240. The van der Waals surface area contributed by atoms with Crippen molar-refractivity contribution < 1.29 is 26.1 Å². The monoisotopic (exact) mass is 540 g/mol. The van der Waals surface area contributed by atoms with Gasteiger partial charge in [-0.05, 0) is 49.3 Å². The summed E-state index contributed by atoms with van der Waals surface area (Å²) in [6, 6.07) is 0. The Balaban J connectivity index is 0.000000562. The first kappa shape index (κ1) is 30.3. The van der Waals surface area contributed by atoms with Crippen LogP contribution in [-0.2, 0) is 26.1 Å². The van der Waals surface area contributed by atoms with E-state index in [1.807, 2.05) is 71.4 Å². The van der Waals surface area contributed by atoms with Gasteiger partial charge in [0.15, 0.2) is 11.6 Å². The van der Waals surface area contributed by atoms with E-state index in [1.165, 1.54) is 0 Å². The van der Waals surface area contributed by atoms with Crippen molar-refractivity contribution in [2.24, 2.45) is 0 Å². The average molecular weight is 541 g/mol. The number of ketones is 2. The Labute approximate surface area is 213 Å². The normalized spacial score (nSPS) is 17.2. The van der Waals surface area contributed by atoms with Gasteiger partial charge in [0.25, 0.3) is 0 Å². The molecule has 0 atom stereocenters. The van der Waals surface area contributed by atoms with Gasteiger partial charge >= 0.3 is 0 Å². The summed E-state index contributed by atoms with van der Waals surface area (Å²) in [4.78, 5) is 22.7. The van der Waals surface area contributed by atoms with Gasteiger partial charge in [0.05, 0.1) is 9.16 Å². The molecule has 174 valence electrons. The molecule has 0 aromatic carbocycles. The molecule has 0 amide bonds. The van der Waals surface area contributed by atoms with Gasteiger partial charge in [-0.15, -0.1) is 47.0 Å². The summed E-state index contributed by atoms with van der Waals surface area (Å²) in [5.41, 5.74) is 1.44. The van der Waals surface area contributed by atoms with Crippen molar-refractivity contribution in [1.82, 2.24) is 10.6 Å². The topological polar surface area (TPSA) is 58.2 Å². The predicted molar refractivity (Wildman–Crippen MR) is 140 cm³/mol. The molecular weight excluding hydrogens is 511 g/mol. The largest absolute Gasteiger partial charge is 0.388 e. The zero-order valence-electron chi connectivity index (χ0n) is 18.1. The summed E-state index contributed by atoms with van der Waals surface area (Å²) < 4.78 is 1.06. The van der Waals surface area contributed by atoms with Crippen molar-refractivity contribution >= 4 is 58.6 Å². The van der Waals surface area contributed by atoms with Crippen LogP contribution in [0.3, 0.4) is 0 Å². The smallest absolute Gasteiger partial charge is 0.187 e. The van der Waals surface area contributed by atoms with Crippen LogP contribution in [0, 0.1) is 0 Å². The molecule has 0 saturated carbocycles. The molecule has 0 heterocycles. The van der Waals surface area contributed by atoms with E-state index in [2.05, 4.69) is 35.7 Å². The van der Waals surface area contributed by atoms with Crippen LogP contribution in [0.2, 0.25) is 0 Å². The molecule has 2 aliphatic carbocycles. The van der Waals surface area contributed by atoms with Crippen molar-refractivity contribution in [3.05, 3.63) is 72.2 Å². The van der Waals surface area contributed by atoms with E-state index in [1.54, 1.807) is 36.7 Å². The fraction of sp³-hybridized carbons (Fsp3) is 0.364. The SMILES string of the molecule is CSC(CN/C=C1/C=CC=CC1=O)SC.CSC(CN/C=C1/C=CC=CC1=O)SC.[Ni]. The molecule has 0 saturated heterocycles. The molecule has 0 radical (unpaired) electrons. The number of nitrogens with one attached hydrogen (secondary N) is 2. The Morgan fingerprint density at radius 1 is 0.677 bits per heavy atom. The van der Waals surface area contributed by atoms with Crippen LogP contribution >= 0.6 is 47.0 Å². The van der Waals surface area contributed by atoms with Gasteiger partial charge in [0.2, 0.25) is 0 Å². The molecule has 0 aromatic heterocycles. The van der Waals surface area contributed by atoms with Gasteiger partial charge in [-0.2, -0.15) is 0 Å². The summed E-state index contributed by atoms with van der Waals surface area (Å²) in [6.45, 7) is 1.74. The number of carbonyl (C=O) groups is 2. The van der Waals surface area contributed by atoms with E-state index >= 15 is 0 Å². The third-order valence-corrected chi connectivity index (χ3v) is 9.05. The molecule has 0 aliphatic heterocycles. The maximum Gasteiger partial charge on any atom is 0.187 e. The van der Waals surface area contributed by atoms with E-state index in [-0.39, 0.29) is 28.1 Å². The number of hydrogen-bond acceptors (Lipinski definition) is 8. The van der Waals surface area contributed by atoms with Crippen LogP contribution in [0.25, 0.3) is 0 Å². The number of carbonyl (C=O) groups excluding carboxylic acids is 2. The number of hydrogen-bond donors (Lipinski definition) is 2. The van der Waals surface area contributed by atoms with Gasteiger partial charge < -0.3 is 10.6 Å². The Morgan fingerprint density at radius 2 is 1.00 bits per heavy atom. The molecule has 0 bridgehead atoms. The second-order valence-electron chi connectivity index (χ2n) is 5.98. The maximum absolute atomic E-state index is 11.4. The van der Waals surface area contributed by atoms with Crippen molar-refractivity contribution in [2.75, 3.05) is 38.1 Å². The Kier molecular flexibility index (Phi) is 18.4. The van der Waals surface area contributed by atoms with Crippen LogP contribution in [-0.4, -0.2) is 58.8 Å². The predicted octanol–water partition coefficient (Wildman–Crippen LogP) is 4.41. The maximum atomic E-state index is 11.4. The van der Waals surface area contributed by atoms with E-state index in [4.69, 9.17) is 0 Å². The molecule has 4 nitrogen and oxygen atoms in total. The zero-order chi connectivity index (χ0) is 22.2. The Hall–Kier alpha value is -0.726. The molecule has 0 fully saturated rings. The van der Waals surface area contributed by atoms with Gasteiger partial charge in [-0.3, -0.25) is 9.59 Å². The summed E-state index contributed by atoms with van der Waals surface area (Å²) in [5, 5.41) is 6.36. The van der Waals surface area contributed by atoms with E-state index in [0.29, 0.717) is 9.16 Å². The van der Waals surface area contributed by atoms with Crippen LogP contribution < -0.4 is 10.6 Å². The standard InChI is InChI=1S/2C11H15NOS2.Ni/c2*1-14-11(15-2)8-12-7-9-5-3-4-6-10(9)13;/h2*3-7,11-12H,8H2,1-2H3;/b2*9-7-;. The van der Waals surface area contributed by atoms with E-state index in [9.17, 15) is 9.59 Å². The van der Waals surface area contributed by atoms with Crippen LogP contribution in [0.15, 0.2) is 72.2 Å². The molecule has 0 spiro atoms. The first-order valence-corrected chi connectivity index (χ1v) is 14.5. The molecular formula is C22H30N2NiO2S4. The van der Waals surface area contributed by atoms with Crippen molar-refractivity contribution in [3.63, 3.8) is 0 Å². The molecule has 0 aromatic rings. The molecule has 2 aliphatic rings. The zero-order valence-corrected chi connectivity index (χ0v) is 22.4. The van der Waals surface area contributed by atoms with Crippen molar-refractivity contribution in [3.8, 4) is 0 Å². The number of allylic oxidation sites excluding steroid dienone is 10. The second kappa shape index (κ2) is 18.8. The summed E-state index contributed by atoms with van der Waals surface area (Å²) in [5.74, 6) is 0.129. The molecule has 2 rings (SSSR count). The number of thioether (sulfide) groups is 4. The minimum Gasteiger partial charge on any atom is -0.388 e. The minimum absolute atomic E-state index is 0. The van der Waals surface area contributed by atoms with Crippen LogP contribution in [0.1, 0.15) is 0 Å². The van der Waals surface area contributed by atoms with Gasteiger partial charge in [0, 0.05) is 53.1 Å². The van der Waals surface area contributed by atoms with Gasteiger partial charge in [-0.25, -0.2) is 0 Å². The molecule has 0 unspecified atom stereocenters. The Bertz CT molecular complexity index is 676. The molecule has 31 heavy (non-hydrogen) atoms. The minimum atomic E-state index is 0.